The van der Waals surface area contributed by atoms with Crippen LogP contribution >= 0.6 is 0 Å². The van der Waals surface area contributed by atoms with E-state index in [1.54, 1.807) is 7.11 Å². The van der Waals surface area contributed by atoms with Gasteiger partial charge < -0.3 is 10.1 Å². The number of fused-ring (bicyclic) bond motifs is 3. The van der Waals surface area contributed by atoms with Gasteiger partial charge in [0.2, 0.25) is 0 Å². The monoisotopic (exact) mass is 444 g/mol. The summed E-state index contributed by atoms with van der Waals surface area (Å²) in [4.78, 5) is 28.5. The summed E-state index contributed by atoms with van der Waals surface area (Å²) in [6.07, 6.45) is 6.45. The number of nitrogens with zero attached hydrogens (tertiary/aromatic N) is 1. The maximum absolute atomic E-state index is 13.7. The van der Waals surface area contributed by atoms with E-state index in [0.29, 0.717) is 24.2 Å². The number of ketones is 1. The van der Waals surface area contributed by atoms with Gasteiger partial charge >= 0.3 is 0 Å². The van der Waals surface area contributed by atoms with Gasteiger partial charge in [0.05, 0.1) is 7.11 Å². The van der Waals surface area contributed by atoms with Gasteiger partial charge in [-0.25, -0.2) is 0 Å². The van der Waals surface area contributed by atoms with Crippen molar-refractivity contribution >= 4 is 23.0 Å². The van der Waals surface area contributed by atoms with Crippen molar-refractivity contribution in [2.45, 2.75) is 64.0 Å². The fourth-order valence-corrected chi connectivity index (χ4v) is 5.83. The summed E-state index contributed by atoms with van der Waals surface area (Å²) in [5.74, 6) is 0.937. The van der Waals surface area contributed by atoms with Crippen molar-refractivity contribution in [1.82, 2.24) is 4.90 Å². The second-order valence-electron chi connectivity index (χ2n) is 9.47. The van der Waals surface area contributed by atoms with Gasteiger partial charge in [-0.1, -0.05) is 25.1 Å². The van der Waals surface area contributed by atoms with Crippen LogP contribution in [-0.4, -0.2) is 42.3 Å². The lowest BCUT2D eigenvalue weighted by molar-refractivity contribution is -0.113. The van der Waals surface area contributed by atoms with E-state index in [1.165, 1.54) is 6.42 Å². The van der Waals surface area contributed by atoms with Crippen molar-refractivity contribution in [3.63, 3.8) is 0 Å². The van der Waals surface area contributed by atoms with E-state index in [1.807, 2.05) is 30.3 Å². The molecule has 2 aromatic carbocycles. The van der Waals surface area contributed by atoms with Crippen LogP contribution in [0.15, 0.2) is 48.0 Å². The highest BCUT2D eigenvalue weighted by molar-refractivity contribution is 6.10. The van der Waals surface area contributed by atoms with Gasteiger partial charge in [0.25, 0.3) is 5.91 Å². The van der Waals surface area contributed by atoms with Gasteiger partial charge in [0.15, 0.2) is 5.78 Å². The summed E-state index contributed by atoms with van der Waals surface area (Å²) in [5, 5.41) is 3.13. The highest BCUT2D eigenvalue weighted by Crippen LogP contribution is 2.41. The van der Waals surface area contributed by atoms with Crippen LogP contribution in [0.1, 0.15) is 66.9 Å². The van der Waals surface area contributed by atoms with Gasteiger partial charge in [-0.3, -0.25) is 14.5 Å². The van der Waals surface area contributed by atoms with Crippen LogP contribution in [0.5, 0.6) is 5.75 Å². The molecule has 2 heterocycles. The fraction of sp³-hybridized carbons (Fsp3) is 0.429. The topological polar surface area (TPSA) is 58.6 Å². The first-order valence-corrected chi connectivity index (χ1v) is 12.2. The zero-order valence-electron chi connectivity index (χ0n) is 19.5. The van der Waals surface area contributed by atoms with E-state index >= 15 is 0 Å². The minimum Gasteiger partial charge on any atom is -0.497 e. The number of Topliss-reactive ketones (excluding diaryl/α,β-unsaturated/α-hetero) is 1. The molecule has 0 spiro atoms. The average Bonchev–Trinajstić information content (AvgIpc) is 3.33. The van der Waals surface area contributed by atoms with E-state index < -0.39 is 0 Å². The Morgan fingerprint density at radius 3 is 2.55 bits per heavy atom. The third-order valence-corrected chi connectivity index (χ3v) is 7.50. The highest BCUT2D eigenvalue weighted by atomic mass is 16.5. The summed E-state index contributed by atoms with van der Waals surface area (Å²) >= 11 is 0. The van der Waals surface area contributed by atoms with E-state index in [0.717, 1.165) is 72.2 Å². The Hall–Kier alpha value is -2.92. The maximum atomic E-state index is 13.7. The number of amides is 1. The second kappa shape index (κ2) is 9.14. The van der Waals surface area contributed by atoms with Gasteiger partial charge in [-0.2, -0.15) is 0 Å². The van der Waals surface area contributed by atoms with E-state index in [4.69, 9.17) is 4.74 Å². The molecule has 172 valence electrons. The Balaban J connectivity index is 1.49. The summed E-state index contributed by atoms with van der Waals surface area (Å²) < 4.78 is 5.35. The molecule has 3 aliphatic rings. The minimum atomic E-state index is -0.0461. The third-order valence-electron chi connectivity index (χ3n) is 7.50. The zero-order valence-corrected chi connectivity index (χ0v) is 19.5. The Kier molecular flexibility index (Phi) is 6.07. The molecule has 2 aliphatic heterocycles. The molecule has 1 N–H and O–H groups in total. The third kappa shape index (κ3) is 4.22. The number of rotatable bonds is 6. The number of benzene rings is 2. The molecule has 1 aliphatic carbocycles. The van der Waals surface area contributed by atoms with Gasteiger partial charge in [-0.15, -0.1) is 0 Å². The smallest absolute Gasteiger partial charge is 0.251 e. The molecule has 0 saturated carbocycles. The number of nitrogens with one attached hydrogen (secondary N) is 1. The van der Waals surface area contributed by atoms with Crippen LogP contribution in [-0.2, 0) is 11.2 Å². The minimum absolute atomic E-state index is 0.0461. The van der Waals surface area contributed by atoms with Crippen molar-refractivity contribution in [3.8, 4) is 5.75 Å². The van der Waals surface area contributed by atoms with Gasteiger partial charge in [-0.05, 0) is 86.0 Å². The van der Waals surface area contributed by atoms with Crippen molar-refractivity contribution < 1.29 is 14.3 Å². The Bertz CT molecular complexity index is 1100. The number of carbonyl (C=O) groups excluding carboxylic acids is 2. The lowest BCUT2D eigenvalue weighted by Gasteiger charge is -2.27. The maximum Gasteiger partial charge on any atom is 0.251 e. The Labute approximate surface area is 195 Å². The van der Waals surface area contributed by atoms with Crippen molar-refractivity contribution in [2.24, 2.45) is 0 Å². The fourth-order valence-electron chi connectivity index (χ4n) is 5.83. The van der Waals surface area contributed by atoms with Crippen molar-refractivity contribution in [3.05, 3.63) is 64.7 Å². The van der Waals surface area contributed by atoms with Crippen LogP contribution in [0.3, 0.4) is 0 Å². The molecule has 2 bridgehead atoms. The van der Waals surface area contributed by atoms with Crippen LogP contribution < -0.4 is 10.1 Å². The normalized spacial score (nSPS) is 22.3. The average molecular weight is 445 g/mol. The number of hydrogen-bond acceptors (Lipinski definition) is 4. The number of aryl methyl sites for hydroxylation is 1. The zero-order chi connectivity index (χ0) is 22.9. The molecule has 1 amide bonds. The van der Waals surface area contributed by atoms with Crippen molar-refractivity contribution in [2.75, 3.05) is 19.0 Å². The molecule has 2 unspecified atom stereocenters. The number of ether oxygens (including phenoxy) is 1. The first kappa shape index (κ1) is 21.9. The standard InChI is InChI=1S/C28H32N2O3/c1-3-14-30-21-9-10-22(30)17-26(24(16-21)18-5-11-23(33-2)12-6-18)28(32)29-20-8-4-19-7-13-27(31)25(19)15-20/h4-6,8,11-12,15,21-22H,3,7,9-10,13-14,16-17H2,1-2H3,(H,29,32). The molecule has 33 heavy (non-hydrogen) atoms. The number of carbonyl (C=O) groups is 2. The molecule has 5 nitrogen and oxygen atoms in total. The molecule has 2 aromatic rings. The largest absolute Gasteiger partial charge is 0.497 e. The number of anilines is 1. The predicted molar refractivity (Wildman–Crippen MR) is 131 cm³/mol. The molecule has 0 radical (unpaired) electrons. The molecule has 2 atom stereocenters. The molecule has 1 fully saturated rings. The lowest BCUT2D eigenvalue weighted by atomic mass is 9.88. The molecule has 1 saturated heterocycles. The SMILES string of the molecule is CCCN1C2CCC1CC(c1ccc(OC)cc1)=C(C(=O)Nc1ccc3c(c1)C(=O)CC3)C2. The summed E-state index contributed by atoms with van der Waals surface area (Å²) in [6.45, 7) is 3.30. The number of hydrogen-bond donors (Lipinski definition) is 1. The van der Waals surface area contributed by atoms with E-state index in [2.05, 4.69) is 29.3 Å². The Morgan fingerprint density at radius 1 is 1.06 bits per heavy atom. The molecular weight excluding hydrogens is 412 g/mol. The first-order chi connectivity index (χ1) is 16.1. The van der Waals surface area contributed by atoms with Gasteiger partial charge in [0.1, 0.15) is 5.75 Å². The highest BCUT2D eigenvalue weighted by Gasteiger charge is 2.38. The molecular formula is C28H32N2O3. The Morgan fingerprint density at radius 2 is 1.82 bits per heavy atom. The van der Waals surface area contributed by atoms with E-state index in [9.17, 15) is 9.59 Å². The van der Waals surface area contributed by atoms with Crippen molar-refractivity contribution in [1.29, 1.82) is 0 Å². The van der Waals surface area contributed by atoms with Crippen LogP contribution in [0.4, 0.5) is 5.69 Å². The first-order valence-electron chi connectivity index (χ1n) is 12.2. The predicted octanol–water partition coefficient (Wildman–Crippen LogP) is 5.25. The molecule has 5 rings (SSSR count). The summed E-state index contributed by atoms with van der Waals surface area (Å²) in [5.41, 5.74) is 5.65. The summed E-state index contributed by atoms with van der Waals surface area (Å²) in [7, 11) is 1.67. The van der Waals surface area contributed by atoms with Gasteiger partial charge in [0, 0.05) is 35.3 Å². The number of methoxy groups -OCH3 is 1. The van der Waals surface area contributed by atoms with Crippen LogP contribution in [0, 0.1) is 0 Å². The lowest BCUT2D eigenvalue weighted by Crippen LogP contribution is -2.35. The molecule has 5 heteroatoms. The quantitative estimate of drug-likeness (QED) is 0.661. The second-order valence-corrected chi connectivity index (χ2v) is 9.47. The summed E-state index contributed by atoms with van der Waals surface area (Å²) in [6, 6.07) is 14.7. The van der Waals surface area contributed by atoms with Crippen LogP contribution in [0.2, 0.25) is 0 Å². The van der Waals surface area contributed by atoms with Crippen LogP contribution in [0.25, 0.3) is 5.57 Å². The molecule has 0 aromatic heterocycles. The van der Waals surface area contributed by atoms with E-state index in [-0.39, 0.29) is 11.7 Å².